The number of fused-ring (bicyclic) bond motifs is 2. The summed E-state index contributed by atoms with van der Waals surface area (Å²) in [6.07, 6.45) is 9.58. The molecular formula is C15H20Cl2N4. The van der Waals surface area contributed by atoms with Gasteiger partial charge in [-0.3, -0.25) is 4.98 Å². The first-order chi connectivity index (χ1) is 9.36. The maximum absolute atomic E-state index is 4.60. The van der Waals surface area contributed by atoms with Crippen molar-refractivity contribution >= 4 is 24.8 Å². The number of halogens is 2. The third-order valence-electron chi connectivity index (χ3n) is 4.68. The number of aromatic nitrogens is 3. The number of aromatic amines is 1. The van der Waals surface area contributed by atoms with Crippen LogP contribution in [-0.2, 0) is 5.41 Å². The van der Waals surface area contributed by atoms with Crippen molar-refractivity contribution < 1.29 is 0 Å². The molecule has 114 valence electrons. The molecule has 0 spiro atoms. The lowest BCUT2D eigenvalue weighted by Crippen LogP contribution is -2.36. The van der Waals surface area contributed by atoms with Gasteiger partial charge in [-0.1, -0.05) is 6.07 Å². The van der Waals surface area contributed by atoms with Gasteiger partial charge in [-0.25, -0.2) is 4.98 Å². The number of nitrogens with one attached hydrogen (secondary N) is 1. The first-order valence-electron chi connectivity index (χ1n) is 7.04. The lowest BCUT2D eigenvalue weighted by atomic mass is 9.75. The van der Waals surface area contributed by atoms with E-state index in [9.17, 15) is 0 Å². The van der Waals surface area contributed by atoms with E-state index in [0.29, 0.717) is 5.41 Å². The summed E-state index contributed by atoms with van der Waals surface area (Å²) < 4.78 is 0. The fraction of sp³-hybridized carbons (Fsp3) is 0.467. The van der Waals surface area contributed by atoms with Crippen molar-refractivity contribution in [2.75, 3.05) is 19.6 Å². The van der Waals surface area contributed by atoms with Crippen molar-refractivity contribution in [3.05, 3.63) is 36.3 Å². The molecule has 4 heterocycles. The van der Waals surface area contributed by atoms with Crippen LogP contribution in [-0.4, -0.2) is 39.5 Å². The number of imidazole rings is 1. The van der Waals surface area contributed by atoms with Crippen molar-refractivity contribution in [1.29, 1.82) is 0 Å². The standard InChI is InChI=1S/C15H18N4.2ClH/c1-4-15(5-9-19(8-1)11-15)12-2-3-13(18-10-12)14-16-6-7-17-14;;/h2-3,6-7,10H,1,4-5,8-9,11H2,(H,16,17);2*1H. The monoisotopic (exact) mass is 326 g/mol. The zero-order valence-corrected chi connectivity index (χ0v) is 13.4. The number of rotatable bonds is 2. The van der Waals surface area contributed by atoms with Crippen LogP contribution in [0.2, 0.25) is 0 Å². The summed E-state index contributed by atoms with van der Waals surface area (Å²) in [5.41, 5.74) is 2.70. The lowest BCUT2D eigenvalue weighted by molar-refractivity contribution is 0.243. The van der Waals surface area contributed by atoms with Gasteiger partial charge in [0.15, 0.2) is 5.82 Å². The van der Waals surface area contributed by atoms with E-state index in [4.69, 9.17) is 0 Å². The Kier molecular flexibility index (Phi) is 4.91. The molecule has 2 aliphatic heterocycles. The summed E-state index contributed by atoms with van der Waals surface area (Å²) in [4.78, 5) is 14.5. The summed E-state index contributed by atoms with van der Waals surface area (Å²) in [6, 6.07) is 4.35. The van der Waals surface area contributed by atoms with Crippen LogP contribution in [0.5, 0.6) is 0 Å². The molecular weight excluding hydrogens is 307 g/mol. The molecule has 0 aromatic carbocycles. The second-order valence-electron chi connectivity index (χ2n) is 5.78. The smallest absolute Gasteiger partial charge is 0.155 e. The van der Waals surface area contributed by atoms with Gasteiger partial charge >= 0.3 is 0 Å². The van der Waals surface area contributed by atoms with Crippen molar-refractivity contribution in [1.82, 2.24) is 19.9 Å². The Morgan fingerprint density at radius 1 is 1.10 bits per heavy atom. The van der Waals surface area contributed by atoms with Gasteiger partial charge < -0.3 is 9.88 Å². The fourth-order valence-electron chi connectivity index (χ4n) is 3.63. The molecule has 2 aromatic heterocycles. The highest BCUT2D eigenvalue weighted by Gasteiger charge is 2.42. The van der Waals surface area contributed by atoms with E-state index in [1.54, 1.807) is 6.20 Å². The highest BCUT2D eigenvalue weighted by Crippen LogP contribution is 2.41. The van der Waals surface area contributed by atoms with Crippen molar-refractivity contribution in [3.63, 3.8) is 0 Å². The minimum atomic E-state index is 0. The third kappa shape index (κ3) is 2.80. The summed E-state index contributed by atoms with van der Waals surface area (Å²) in [5.74, 6) is 0.848. The molecule has 2 unspecified atom stereocenters. The number of piperidine rings is 1. The van der Waals surface area contributed by atoms with Crippen LogP contribution < -0.4 is 0 Å². The van der Waals surface area contributed by atoms with E-state index in [-0.39, 0.29) is 24.8 Å². The minimum absolute atomic E-state index is 0. The Bertz CT molecular complexity index is 566. The molecule has 6 heteroatoms. The van der Waals surface area contributed by atoms with Gasteiger partial charge in [0.05, 0.1) is 0 Å². The zero-order chi connectivity index (χ0) is 12.7. The maximum Gasteiger partial charge on any atom is 0.155 e. The normalized spacial score (nSPS) is 26.8. The maximum atomic E-state index is 4.60. The SMILES string of the molecule is Cl.Cl.c1c[nH]c(-c2ccc(C34CCCN(CC3)C4)cn2)n1. The first-order valence-corrected chi connectivity index (χ1v) is 7.04. The quantitative estimate of drug-likeness (QED) is 0.922. The van der Waals surface area contributed by atoms with Gasteiger partial charge in [0, 0.05) is 30.6 Å². The Morgan fingerprint density at radius 2 is 2.00 bits per heavy atom. The largest absolute Gasteiger partial charge is 0.343 e. The van der Waals surface area contributed by atoms with Gasteiger partial charge in [-0.05, 0) is 44.0 Å². The highest BCUT2D eigenvalue weighted by molar-refractivity contribution is 5.85. The van der Waals surface area contributed by atoms with Crippen LogP contribution in [0.15, 0.2) is 30.7 Å². The molecule has 2 aliphatic rings. The molecule has 4 nitrogen and oxygen atoms in total. The fourth-order valence-corrected chi connectivity index (χ4v) is 3.63. The van der Waals surface area contributed by atoms with E-state index in [1.165, 1.54) is 44.5 Å². The third-order valence-corrected chi connectivity index (χ3v) is 4.68. The summed E-state index contributed by atoms with van der Waals surface area (Å²) >= 11 is 0. The van der Waals surface area contributed by atoms with Gasteiger partial charge in [-0.15, -0.1) is 24.8 Å². The predicted octanol–water partition coefficient (Wildman–Crippen LogP) is 3.05. The second kappa shape index (κ2) is 6.34. The Balaban J connectivity index is 0.000000807. The summed E-state index contributed by atoms with van der Waals surface area (Å²) in [5, 5.41) is 0. The molecule has 4 rings (SSSR count). The Labute approximate surface area is 137 Å². The molecule has 2 saturated heterocycles. The van der Waals surface area contributed by atoms with E-state index in [2.05, 4.69) is 38.2 Å². The van der Waals surface area contributed by atoms with Gasteiger partial charge in [0.25, 0.3) is 0 Å². The molecule has 0 aliphatic carbocycles. The molecule has 2 atom stereocenters. The lowest BCUT2D eigenvalue weighted by Gasteiger charge is -2.34. The average Bonchev–Trinajstić information content (AvgIpc) is 3.09. The molecule has 0 saturated carbocycles. The van der Waals surface area contributed by atoms with Crippen LogP contribution in [0.1, 0.15) is 24.8 Å². The van der Waals surface area contributed by atoms with Gasteiger partial charge in [0.2, 0.25) is 0 Å². The van der Waals surface area contributed by atoms with E-state index >= 15 is 0 Å². The minimum Gasteiger partial charge on any atom is -0.343 e. The van der Waals surface area contributed by atoms with Crippen molar-refractivity contribution in [2.24, 2.45) is 0 Å². The average molecular weight is 327 g/mol. The molecule has 0 amide bonds. The first kappa shape index (κ1) is 16.3. The number of hydrogen-bond donors (Lipinski definition) is 1. The summed E-state index contributed by atoms with van der Waals surface area (Å²) in [7, 11) is 0. The Hall–Kier alpha value is -1.10. The summed E-state index contributed by atoms with van der Waals surface area (Å²) in [6.45, 7) is 3.74. The predicted molar refractivity (Wildman–Crippen MR) is 88.3 cm³/mol. The van der Waals surface area contributed by atoms with Crippen LogP contribution in [0.25, 0.3) is 11.5 Å². The van der Waals surface area contributed by atoms with Gasteiger partial charge in [0.1, 0.15) is 5.69 Å². The second-order valence-corrected chi connectivity index (χ2v) is 5.78. The van der Waals surface area contributed by atoms with Crippen molar-refractivity contribution in [2.45, 2.75) is 24.7 Å². The number of pyridine rings is 1. The number of nitrogens with zero attached hydrogens (tertiary/aromatic N) is 3. The highest BCUT2D eigenvalue weighted by atomic mass is 35.5. The number of hydrogen-bond acceptors (Lipinski definition) is 3. The van der Waals surface area contributed by atoms with Crippen LogP contribution in [0.3, 0.4) is 0 Å². The molecule has 2 bridgehead atoms. The zero-order valence-electron chi connectivity index (χ0n) is 11.8. The topological polar surface area (TPSA) is 44.8 Å². The van der Waals surface area contributed by atoms with E-state index in [1.807, 2.05) is 6.20 Å². The molecule has 2 aromatic rings. The molecule has 2 fully saturated rings. The molecule has 0 radical (unpaired) electrons. The van der Waals surface area contributed by atoms with E-state index in [0.717, 1.165) is 11.5 Å². The molecule has 1 N–H and O–H groups in total. The van der Waals surface area contributed by atoms with Crippen LogP contribution >= 0.6 is 24.8 Å². The van der Waals surface area contributed by atoms with Crippen LogP contribution in [0, 0.1) is 0 Å². The Morgan fingerprint density at radius 3 is 2.71 bits per heavy atom. The van der Waals surface area contributed by atoms with Crippen LogP contribution in [0.4, 0.5) is 0 Å². The van der Waals surface area contributed by atoms with E-state index < -0.39 is 0 Å². The van der Waals surface area contributed by atoms with Crippen molar-refractivity contribution in [3.8, 4) is 11.5 Å². The van der Waals surface area contributed by atoms with Gasteiger partial charge in [-0.2, -0.15) is 0 Å². The number of H-pyrrole nitrogens is 1. The molecule has 21 heavy (non-hydrogen) atoms.